The van der Waals surface area contributed by atoms with Gasteiger partial charge in [-0.2, -0.15) is 0 Å². The molecule has 0 radical (unpaired) electrons. The Balaban J connectivity index is 2.02. The lowest BCUT2D eigenvalue weighted by atomic mass is 10.3. The van der Waals surface area contributed by atoms with Crippen molar-refractivity contribution in [1.29, 1.82) is 0 Å². The molecular formula is C12H9ClINO. The summed E-state index contributed by atoms with van der Waals surface area (Å²) in [5, 5.41) is 0.498. The van der Waals surface area contributed by atoms with Gasteiger partial charge < -0.3 is 4.74 Å². The van der Waals surface area contributed by atoms with Gasteiger partial charge >= 0.3 is 0 Å². The Morgan fingerprint density at radius 3 is 2.69 bits per heavy atom. The van der Waals surface area contributed by atoms with Gasteiger partial charge in [-0.15, -0.1) is 0 Å². The lowest BCUT2D eigenvalue weighted by molar-refractivity contribution is 0.303. The average Bonchev–Trinajstić information content (AvgIpc) is 2.30. The number of halogens is 2. The van der Waals surface area contributed by atoms with Gasteiger partial charge in [0.05, 0.1) is 3.57 Å². The van der Waals surface area contributed by atoms with Crippen LogP contribution in [-0.2, 0) is 6.61 Å². The van der Waals surface area contributed by atoms with E-state index in [0.29, 0.717) is 11.8 Å². The zero-order chi connectivity index (χ0) is 11.4. The maximum Gasteiger partial charge on any atom is 0.133 e. The van der Waals surface area contributed by atoms with Gasteiger partial charge in [0.15, 0.2) is 0 Å². The summed E-state index contributed by atoms with van der Waals surface area (Å²) < 4.78 is 6.77. The van der Waals surface area contributed by atoms with Crippen LogP contribution >= 0.6 is 34.2 Å². The van der Waals surface area contributed by atoms with Crippen LogP contribution in [0, 0.1) is 3.57 Å². The number of para-hydroxylation sites is 1. The summed E-state index contributed by atoms with van der Waals surface area (Å²) >= 11 is 7.95. The highest BCUT2D eigenvalue weighted by Gasteiger charge is 2.00. The molecule has 2 aromatic rings. The normalized spacial score (nSPS) is 10.1. The van der Waals surface area contributed by atoms with Crippen molar-refractivity contribution in [2.45, 2.75) is 6.61 Å². The SMILES string of the molecule is Clc1ccc(COc2ccccc2I)cn1. The van der Waals surface area contributed by atoms with Gasteiger partial charge in [0.1, 0.15) is 17.5 Å². The molecule has 0 aliphatic heterocycles. The van der Waals surface area contributed by atoms with Gasteiger partial charge in [-0.25, -0.2) is 4.98 Å². The molecule has 0 amide bonds. The van der Waals surface area contributed by atoms with Crippen molar-refractivity contribution in [2.24, 2.45) is 0 Å². The summed E-state index contributed by atoms with van der Waals surface area (Å²) in [5.74, 6) is 0.887. The summed E-state index contributed by atoms with van der Waals surface area (Å²) in [6.45, 7) is 0.504. The smallest absolute Gasteiger partial charge is 0.133 e. The predicted molar refractivity (Wildman–Crippen MR) is 72.7 cm³/mol. The fraction of sp³-hybridized carbons (Fsp3) is 0.0833. The number of hydrogen-bond donors (Lipinski definition) is 0. The van der Waals surface area contributed by atoms with E-state index in [2.05, 4.69) is 27.6 Å². The van der Waals surface area contributed by atoms with Crippen LogP contribution < -0.4 is 4.74 Å². The molecule has 0 aliphatic rings. The molecule has 16 heavy (non-hydrogen) atoms. The number of nitrogens with zero attached hydrogens (tertiary/aromatic N) is 1. The van der Waals surface area contributed by atoms with E-state index in [1.807, 2.05) is 30.3 Å². The van der Waals surface area contributed by atoms with E-state index in [-0.39, 0.29) is 0 Å². The van der Waals surface area contributed by atoms with E-state index in [9.17, 15) is 0 Å². The summed E-state index contributed by atoms with van der Waals surface area (Å²) in [6, 6.07) is 11.6. The number of hydrogen-bond acceptors (Lipinski definition) is 2. The number of ether oxygens (including phenoxy) is 1. The van der Waals surface area contributed by atoms with Crippen molar-refractivity contribution < 1.29 is 4.74 Å². The van der Waals surface area contributed by atoms with Gasteiger partial charge in [0.2, 0.25) is 0 Å². The highest BCUT2D eigenvalue weighted by Crippen LogP contribution is 2.20. The topological polar surface area (TPSA) is 22.1 Å². The lowest BCUT2D eigenvalue weighted by Gasteiger charge is -2.07. The lowest BCUT2D eigenvalue weighted by Crippen LogP contribution is -1.97. The highest BCUT2D eigenvalue weighted by molar-refractivity contribution is 14.1. The number of rotatable bonds is 3. The highest BCUT2D eigenvalue weighted by atomic mass is 127. The molecule has 0 fully saturated rings. The van der Waals surface area contributed by atoms with E-state index in [1.54, 1.807) is 12.3 Å². The summed E-state index contributed by atoms with van der Waals surface area (Å²) in [4.78, 5) is 4.00. The first-order chi connectivity index (χ1) is 7.75. The fourth-order valence-electron chi connectivity index (χ4n) is 1.21. The molecule has 0 spiro atoms. The van der Waals surface area contributed by atoms with Crippen LogP contribution in [0.3, 0.4) is 0 Å². The van der Waals surface area contributed by atoms with E-state index >= 15 is 0 Å². The van der Waals surface area contributed by atoms with Crippen molar-refractivity contribution in [2.75, 3.05) is 0 Å². The van der Waals surface area contributed by atoms with Crippen LogP contribution in [-0.4, -0.2) is 4.98 Å². The Hall–Kier alpha value is -0.810. The molecule has 0 atom stereocenters. The van der Waals surface area contributed by atoms with E-state index in [1.165, 1.54) is 0 Å². The van der Waals surface area contributed by atoms with Gasteiger partial charge in [0.25, 0.3) is 0 Å². The minimum absolute atomic E-state index is 0.498. The minimum Gasteiger partial charge on any atom is -0.488 e. The second kappa shape index (κ2) is 5.50. The predicted octanol–water partition coefficient (Wildman–Crippen LogP) is 3.92. The second-order valence-electron chi connectivity index (χ2n) is 3.21. The molecule has 1 aromatic carbocycles. The van der Waals surface area contributed by atoms with E-state index in [0.717, 1.165) is 14.9 Å². The summed E-state index contributed by atoms with van der Waals surface area (Å²) in [7, 11) is 0. The maximum absolute atomic E-state index is 5.70. The Labute approximate surface area is 113 Å². The zero-order valence-electron chi connectivity index (χ0n) is 8.36. The summed E-state index contributed by atoms with van der Waals surface area (Å²) in [6.07, 6.45) is 1.72. The third-order valence-corrected chi connectivity index (χ3v) is 3.13. The molecule has 82 valence electrons. The Morgan fingerprint density at radius 1 is 1.19 bits per heavy atom. The molecule has 2 rings (SSSR count). The van der Waals surface area contributed by atoms with Gasteiger partial charge in [-0.3, -0.25) is 0 Å². The van der Waals surface area contributed by atoms with Crippen molar-refractivity contribution in [1.82, 2.24) is 4.98 Å². The molecule has 0 saturated carbocycles. The number of aromatic nitrogens is 1. The van der Waals surface area contributed by atoms with E-state index < -0.39 is 0 Å². The van der Waals surface area contributed by atoms with Crippen LogP contribution in [0.25, 0.3) is 0 Å². The molecule has 1 heterocycles. The fourth-order valence-corrected chi connectivity index (χ4v) is 1.87. The largest absolute Gasteiger partial charge is 0.488 e. The first-order valence-electron chi connectivity index (χ1n) is 4.73. The molecule has 0 bridgehead atoms. The molecule has 1 aromatic heterocycles. The molecule has 0 aliphatic carbocycles. The minimum atomic E-state index is 0.498. The Bertz CT molecular complexity index is 473. The molecule has 2 nitrogen and oxygen atoms in total. The second-order valence-corrected chi connectivity index (χ2v) is 4.76. The first kappa shape index (κ1) is 11.7. The molecular weight excluding hydrogens is 336 g/mol. The van der Waals surface area contributed by atoms with Crippen molar-refractivity contribution >= 4 is 34.2 Å². The quantitative estimate of drug-likeness (QED) is 0.621. The molecule has 4 heteroatoms. The van der Waals surface area contributed by atoms with Gasteiger partial charge in [0, 0.05) is 11.8 Å². The monoisotopic (exact) mass is 345 g/mol. The van der Waals surface area contributed by atoms with Crippen molar-refractivity contribution in [3.8, 4) is 5.75 Å². The molecule has 0 N–H and O–H groups in total. The number of benzene rings is 1. The van der Waals surface area contributed by atoms with Crippen LogP contribution in [0.15, 0.2) is 42.6 Å². The third kappa shape index (κ3) is 3.09. The average molecular weight is 346 g/mol. The molecule has 0 unspecified atom stereocenters. The Morgan fingerprint density at radius 2 is 2.00 bits per heavy atom. The van der Waals surface area contributed by atoms with Gasteiger partial charge in [-0.1, -0.05) is 29.8 Å². The van der Waals surface area contributed by atoms with Crippen LogP contribution in [0.5, 0.6) is 5.75 Å². The standard InChI is InChI=1S/C12H9ClINO/c13-12-6-5-9(7-15-12)8-16-11-4-2-1-3-10(11)14/h1-7H,8H2. The summed E-state index contributed by atoms with van der Waals surface area (Å²) in [5.41, 5.74) is 1.00. The Kier molecular flexibility index (Phi) is 4.01. The van der Waals surface area contributed by atoms with Crippen LogP contribution in [0.2, 0.25) is 5.15 Å². The first-order valence-corrected chi connectivity index (χ1v) is 6.19. The maximum atomic E-state index is 5.70. The van der Waals surface area contributed by atoms with Gasteiger partial charge in [-0.05, 0) is 40.8 Å². The van der Waals surface area contributed by atoms with Crippen molar-refractivity contribution in [3.05, 3.63) is 56.9 Å². The number of pyridine rings is 1. The van der Waals surface area contributed by atoms with Crippen LogP contribution in [0.4, 0.5) is 0 Å². The van der Waals surface area contributed by atoms with Crippen LogP contribution in [0.1, 0.15) is 5.56 Å². The van der Waals surface area contributed by atoms with E-state index in [4.69, 9.17) is 16.3 Å². The zero-order valence-corrected chi connectivity index (χ0v) is 11.3. The molecule has 0 saturated heterocycles. The van der Waals surface area contributed by atoms with Crippen molar-refractivity contribution in [3.63, 3.8) is 0 Å². The third-order valence-electron chi connectivity index (χ3n) is 2.02.